The predicted molar refractivity (Wildman–Crippen MR) is 159 cm³/mol. The van der Waals surface area contributed by atoms with Gasteiger partial charge in [0.2, 0.25) is 0 Å². The van der Waals surface area contributed by atoms with Gasteiger partial charge in [-0.2, -0.15) is 0 Å². The molecule has 1 saturated heterocycles. The molecule has 2 saturated carbocycles. The first-order chi connectivity index (χ1) is 20.4. The summed E-state index contributed by atoms with van der Waals surface area (Å²) in [6, 6.07) is 9.86. The van der Waals surface area contributed by atoms with Crippen LogP contribution < -0.4 is 0 Å². The molecular weight excluding hydrogens is 551 g/mol. The smallest absolute Gasteiger partial charge is 0.420 e. The van der Waals surface area contributed by atoms with E-state index in [2.05, 4.69) is 11.1 Å². The third kappa shape index (κ3) is 6.76. The summed E-state index contributed by atoms with van der Waals surface area (Å²) in [4.78, 5) is 44.8. The molecule has 3 fully saturated rings. The molecule has 0 unspecified atom stereocenters. The maximum absolute atomic E-state index is 13.7. The van der Waals surface area contributed by atoms with E-state index < -0.39 is 17.8 Å². The van der Waals surface area contributed by atoms with Gasteiger partial charge in [0.1, 0.15) is 17.5 Å². The van der Waals surface area contributed by atoms with Gasteiger partial charge in [0, 0.05) is 23.7 Å². The summed E-state index contributed by atoms with van der Waals surface area (Å²) in [5.74, 6) is -0.255. The molecule has 1 aliphatic heterocycles. The molecule has 9 heteroatoms. The fourth-order valence-corrected chi connectivity index (χ4v) is 7.25. The molecule has 0 N–H and O–H groups in total. The number of hydrogen-bond acceptors (Lipinski definition) is 7. The average molecular weight is 593 g/mol. The molecule has 1 aromatic carbocycles. The van der Waals surface area contributed by atoms with Gasteiger partial charge >= 0.3 is 18.2 Å². The number of imide groups is 1. The number of cyclic esters (lactones) is 1. The van der Waals surface area contributed by atoms with Crippen molar-refractivity contribution in [3.05, 3.63) is 60.2 Å². The van der Waals surface area contributed by atoms with Crippen molar-refractivity contribution in [3.8, 4) is 11.1 Å². The van der Waals surface area contributed by atoms with Gasteiger partial charge in [0.25, 0.3) is 0 Å². The van der Waals surface area contributed by atoms with Crippen LogP contribution in [0.15, 0.2) is 48.7 Å². The number of halogens is 1. The van der Waals surface area contributed by atoms with Crippen molar-refractivity contribution in [2.24, 2.45) is 29.6 Å². The summed E-state index contributed by atoms with van der Waals surface area (Å²) >= 11 is 0. The van der Waals surface area contributed by atoms with Crippen LogP contribution in [0.5, 0.6) is 0 Å². The first-order valence-electron chi connectivity index (χ1n) is 15.2. The average Bonchev–Trinajstić information content (AvgIpc) is 3.23. The minimum atomic E-state index is -0.764. The molecule has 2 aliphatic carbocycles. The van der Waals surface area contributed by atoms with Crippen LogP contribution in [0.2, 0.25) is 0 Å². The number of aromatic nitrogens is 1. The number of rotatable bonds is 5. The van der Waals surface area contributed by atoms with Crippen LogP contribution in [0.4, 0.5) is 14.0 Å². The number of allylic oxidation sites excluding steroid dienone is 1. The zero-order valence-corrected chi connectivity index (χ0v) is 25.5. The molecule has 3 aliphatic rings. The fourth-order valence-electron chi connectivity index (χ4n) is 7.25. The Morgan fingerprint density at radius 3 is 2.58 bits per heavy atom. The Morgan fingerprint density at radius 2 is 1.91 bits per heavy atom. The molecule has 8 nitrogen and oxygen atoms in total. The number of amides is 2. The van der Waals surface area contributed by atoms with Crippen LogP contribution in [0.25, 0.3) is 17.2 Å². The lowest BCUT2D eigenvalue weighted by molar-refractivity contribution is -0.144. The molecule has 7 atom stereocenters. The summed E-state index contributed by atoms with van der Waals surface area (Å²) in [6.07, 6.45) is 6.89. The van der Waals surface area contributed by atoms with Gasteiger partial charge in [-0.1, -0.05) is 24.3 Å². The van der Waals surface area contributed by atoms with Crippen molar-refractivity contribution in [1.82, 2.24) is 9.88 Å². The summed E-state index contributed by atoms with van der Waals surface area (Å²) in [6.45, 7) is 9.11. The number of hydrogen-bond donors (Lipinski definition) is 0. The van der Waals surface area contributed by atoms with Gasteiger partial charge in [-0.25, -0.2) is 18.9 Å². The van der Waals surface area contributed by atoms with E-state index in [9.17, 15) is 18.8 Å². The normalized spacial score (nSPS) is 28.5. The molecule has 2 heterocycles. The summed E-state index contributed by atoms with van der Waals surface area (Å²) in [7, 11) is 0. The Kier molecular flexibility index (Phi) is 8.90. The zero-order chi connectivity index (χ0) is 30.9. The topological polar surface area (TPSA) is 95.0 Å². The molecule has 230 valence electrons. The summed E-state index contributed by atoms with van der Waals surface area (Å²) in [5.41, 5.74) is 1.59. The van der Waals surface area contributed by atoms with E-state index in [1.807, 2.05) is 31.2 Å². The minimum absolute atomic E-state index is 0.0418. The Labute approximate surface area is 252 Å². The Bertz CT molecular complexity index is 1370. The Balaban J connectivity index is 1.38. The third-order valence-corrected chi connectivity index (χ3v) is 8.97. The molecule has 1 aromatic heterocycles. The third-order valence-electron chi connectivity index (χ3n) is 8.97. The van der Waals surface area contributed by atoms with E-state index >= 15 is 0 Å². The molecule has 5 rings (SSSR count). The van der Waals surface area contributed by atoms with Crippen LogP contribution >= 0.6 is 0 Å². The van der Waals surface area contributed by atoms with Crippen molar-refractivity contribution in [2.45, 2.75) is 78.0 Å². The Morgan fingerprint density at radius 1 is 1.12 bits per heavy atom. The molecule has 43 heavy (non-hydrogen) atoms. The maximum atomic E-state index is 13.7. The van der Waals surface area contributed by atoms with Crippen molar-refractivity contribution in [3.63, 3.8) is 0 Å². The second kappa shape index (κ2) is 12.5. The van der Waals surface area contributed by atoms with Crippen molar-refractivity contribution in [2.75, 3.05) is 6.61 Å². The highest BCUT2D eigenvalue weighted by atomic mass is 19.1. The van der Waals surface area contributed by atoms with Gasteiger partial charge in [-0.3, -0.25) is 9.78 Å². The van der Waals surface area contributed by atoms with Gasteiger partial charge in [-0.15, -0.1) is 0 Å². The summed E-state index contributed by atoms with van der Waals surface area (Å²) < 4.78 is 30.3. The van der Waals surface area contributed by atoms with Crippen LogP contribution in [-0.2, 0) is 19.0 Å². The van der Waals surface area contributed by atoms with Gasteiger partial charge in [-0.05, 0) is 108 Å². The van der Waals surface area contributed by atoms with E-state index in [1.165, 1.54) is 12.1 Å². The van der Waals surface area contributed by atoms with Crippen molar-refractivity contribution < 1.29 is 33.0 Å². The monoisotopic (exact) mass is 592 g/mol. The standard InChI is InChI=1S/C34H41FN2O6/c1-6-41-32(39)37(33(40)43-34(3,4)5)26-13-15-27-23(17-26)18-29-30(20(2)42-31(29)38)28(27)14-12-25-11-10-22(19-36-25)21-8-7-9-24(35)16-21/h7-12,14,16,19-20,23,26-30H,6,13,15,17-18H2,1-5H3/t20-,23+,26-,27-,28+,29-,30+/m1/s1. The number of carbonyl (C=O) groups is 3. The lowest BCUT2D eigenvalue weighted by Gasteiger charge is -2.48. The molecule has 0 radical (unpaired) electrons. The predicted octanol–water partition coefficient (Wildman–Crippen LogP) is 7.28. The number of nitrogens with zero attached hydrogens (tertiary/aromatic N) is 2. The van der Waals surface area contributed by atoms with E-state index in [4.69, 9.17) is 14.2 Å². The number of carbonyl (C=O) groups excluding carboxylic acids is 3. The first kappa shape index (κ1) is 30.7. The molecule has 0 bridgehead atoms. The number of ether oxygens (including phenoxy) is 3. The number of pyridine rings is 1. The highest BCUT2D eigenvalue weighted by Crippen LogP contribution is 2.54. The molecule has 2 aromatic rings. The van der Waals surface area contributed by atoms with Gasteiger partial charge in [0.15, 0.2) is 0 Å². The van der Waals surface area contributed by atoms with E-state index in [-0.39, 0.29) is 60.1 Å². The lowest BCUT2D eigenvalue weighted by atomic mass is 9.56. The van der Waals surface area contributed by atoms with Gasteiger partial charge < -0.3 is 14.2 Å². The van der Waals surface area contributed by atoms with Crippen LogP contribution in [0.3, 0.4) is 0 Å². The fraction of sp³-hybridized carbons (Fsp3) is 0.529. The Hall–Kier alpha value is -3.75. The quantitative estimate of drug-likeness (QED) is 0.266. The second-order valence-electron chi connectivity index (χ2n) is 12.9. The van der Waals surface area contributed by atoms with Gasteiger partial charge in [0.05, 0.1) is 18.2 Å². The van der Waals surface area contributed by atoms with E-state index in [1.54, 1.807) is 40.0 Å². The molecule has 2 amide bonds. The highest BCUT2D eigenvalue weighted by Gasteiger charge is 2.55. The van der Waals surface area contributed by atoms with Crippen molar-refractivity contribution in [1.29, 1.82) is 0 Å². The van der Waals surface area contributed by atoms with Crippen LogP contribution in [-0.4, -0.2) is 52.4 Å². The SMILES string of the molecule is CCOC(=O)N(C(=O)OC(C)(C)C)[C@@H]1CC[C@@H]2[C@@H](C1)C[C@H]1C(=O)O[C@H](C)[C@H]1[C@H]2C=Cc1ccc(-c2cccc(F)c2)cn1. The maximum Gasteiger partial charge on any atom is 0.420 e. The van der Waals surface area contributed by atoms with Crippen LogP contribution in [0, 0.1) is 35.4 Å². The number of fused-ring (bicyclic) bond motifs is 2. The summed E-state index contributed by atoms with van der Waals surface area (Å²) in [5, 5.41) is 0. The first-order valence-corrected chi connectivity index (χ1v) is 15.2. The number of esters is 1. The van der Waals surface area contributed by atoms with Crippen LogP contribution in [0.1, 0.15) is 66.0 Å². The minimum Gasteiger partial charge on any atom is -0.462 e. The van der Waals surface area contributed by atoms with E-state index in [0.29, 0.717) is 19.3 Å². The van der Waals surface area contributed by atoms with E-state index in [0.717, 1.165) is 28.1 Å². The highest BCUT2D eigenvalue weighted by molar-refractivity contribution is 5.88. The zero-order valence-electron chi connectivity index (χ0n) is 25.5. The molecule has 0 spiro atoms. The molecular formula is C34H41FN2O6. The lowest BCUT2D eigenvalue weighted by Crippen LogP contribution is -2.52. The second-order valence-corrected chi connectivity index (χ2v) is 12.9. The van der Waals surface area contributed by atoms with Crippen molar-refractivity contribution >= 4 is 24.2 Å². The number of benzene rings is 1. The largest absolute Gasteiger partial charge is 0.462 e.